The molecular formula is C18H21Cl2N3O8S. The van der Waals surface area contributed by atoms with Gasteiger partial charge in [-0.15, -0.1) is 0 Å². The second-order valence-corrected chi connectivity index (χ2v) is 8.18. The Kier molecular flexibility index (Phi) is 11.8. The van der Waals surface area contributed by atoms with Crippen molar-refractivity contribution in [2.24, 2.45) is 5.73 Å². The Bertz CT molecular complexity index is 871. The number of nitrogens with one attached hydrogen (secondary N) is 2. The third-order valence-corrected chi connectivity index (χ3v) is 5.19. The molecule has 176 valence electrons. The highest BCUT2D eigenvalue weighted by Crippen LogP contribution is 2.27. The summed E-state index contributed by atoms with van der Waals surface area (Å²) in [5, 5.41) is 22.0. The van der Waals surface area contributed by atoms with Crippen molar-refractivity contribution in [3.05, 3.63) is 28.2 Å². The smallest absolute Gasteiger partial charge is 0.322 e. The summed E-state index contributed by atoms with van der Waals surface area (Å²) in [6.45, 7) is -1.08. The highest BCUT2D eigenvalue weighted by molar-refractivity contribution is 8.13. The number of carboxylic acids is 2. The summed E-state index contributed by atoms with van der Waals surface area (Å²) in [5.74, 6) is -4.09. The molecule has 0 aromatic heterocycles. The zero-order valence-electron chi connectivity index (χ0n) is 16.5. The maximum absolute atomic E-state index is 12.2. The summed E-state index contributed by atoms with van der Waals surface area (Å²) >= 11 is 12.4. The lowest BCUT2D eigenvalue weighted by Crippen LogP contribution is -2.49. The molecule has 0 aliphatic rings. The van der Waals surface area contributed by atoms with Crippen molar-refractivity contribution in [1.29, 1.82) is 0 Å². The number of benzene rings is 1. The van der Waals surface area contributed by atoms with Crippen LogP contribution in [0.5, 0.6) is 5.75 Å². The second-order valence-electron chi connectivity index (χ2n) is 6.26. The van der Waals surface area contributed by atoms with Crippen LogP contribution < -0.4 is 21.1 Å². The number of hydrogen-bond acceptors (Lipinski definition) is 8. The minimum Gasteiger partial charge on any atom is -0.483 e. The van der Waals surface area contributed by atoms with Crippen LogP contribution in [0.25, 0.3) is 0 Å². The average Bonchev–Trinajstić information content (AvgIpc) is 2.72. The Hall–Kier alpha value is -2.54. The molecule has 2 amide bonds. The zero-order valence-corrected chi connectivity index (χ0v) is 18.8. The highest BCUT2D eigenvalue weighted by Gasteiger charge is 2.24. The molecule has 1 aromatic rings. The van der Waals surface area contributed by atoms with E-state index in [1.807, 2.05) is 0 Å². The third kappa shape index (κ3) is 10.7. The molecular weight excluding hydrogens is 489 g/mol. The fraction of sp³-hybridized carbons (Fsp3) is 0.389. The van der Waals surface area contributed by atoms with Gasteiger partial charge >= 0.3 is 11.9 Å². The van der Waals surface area contributed by atoms with Crippen molar-refractivity contribution >= 4 is 63.8 Å². The van der Waals surface area contributed by atoms with Crippen molar-refractivity contribution in [2.45, 2.75) is 24.9 Å². The molecule has 1 rings (SSSR count). The Labute approximate surface area is 196 Å². The largest absolute Gasteiger partial charge is 0.483 e. The molecule has 0 aliphatic heterocycles. The van der Waals surface area contributed by atoms with Gasteiger partial charge in [0.15, 0.2) is 6.61 Å². The molecule has 6 N–H and O–H groups in total. The lowest BCUT2D eigenvalue weighted by atomic mass is 10.1. The Morgan fingerprint density at radius 3 is 2.44 bits per heavy atom. The van der Waals surface area contributed by atoms with Gasteiger partial charge < -0.3 is 31.3 Å². The Balaban J connectivity index is 2.64. The van der Waals surface area contributed by atoms with Gasteiger partial charge in [0.1, 0.15) is 24.4 Å². The highest BCUT2D eigenvalue weighted by atomic mass is 35.5. The molecule has 0 bridgehead atoms. The number of amides is 2. The summed E-state index contributed by atoms with van der Waals surface area (Å²) in [6, 6.07) is 1.93. The van der Waals surface area contributed by atoms with Crippen molar-refractivity contribution in [2.75, 3.05) is 18.9 Å². The van der Waals surface area contributed by atoms with Crippen molar-refractivity contribution in [3.63, 3.8) is 0 Å². The molecule has 11 nitrogen and oxygen atoms in total. The Morgan fingerprint density at radius 1 is 1.16 bits per heavy atom. The number of carboxylic acid groups (broad SMARTS) is 2. The van der Waals surface area contributed by atoms with Crippen molar-refractivity contribution < 1.29 is 38.9 Å². The summed E-state index contributed by atoms with van der Waals surface area (Å²) in [5.41, 5.74) is 5.33. The minimum atomic E-state index is -1.30. The van der Waals surface area contributed by atoms with E-state index in [0.29, 0.717) is 16.8 Å². The quantitative estimate of drug-likeness (QED) is 0.250. The first-order valence-corrected chi connectivity index (χ1v) is 10.7. The number of nitrogens with two attached hydrogens (primary N) is 1. The van der Waals surface area contributed by atoms with Gasteiger partial charge in [-0.25, -0.2) is 0 Å². The molecule has 0 saturated carbocycles. The second kappa shape index (κ2) is 13.8. The van der Waals surface area contributed by atoms with Crippen molar-refractivity contribution in [3.8, 4) is 5.75 Å². The van der Waals surface area contributed by atoms with Gasteiger partial charge in [0.25, 0.3) is 0 Å². The monoisotopic (exact) mass is 509 g/mol. The summed E-state index contributed by atoms with van der Waals surface area (Å²) in [7, 11) is 0. The van der Waals surface area contributed by atoms with Crippen LogP contribution in [0.3, 0.4) is 0 Å². The zero-order chi connectivity index (χ0) is 24.3. The first kappa shape index (κ1) is 27.5. The molecule has 0 fully saturated rings. The summed E-state index contributed by atoms with van der Waals surface area (Å²) in [4.78, 5) is 57.7. The molecule has 2 atom stereocenters. The standard InChI is InChI=1S/C18H21Cl2N3O8S/c19-9-1-3-13(10(20)5-9)31-7-16(27)32-8-12(17(28)22-6-15(25)26)23-14(24)4-2-11(21)18(29)30/h1,3,5,11-12H,2,4,6-8,21H2,(H,22,28)(H,23,24)(H,25,26)(H,29,30). The number of ether oxygens (including phenoxy) is 1. The average molecular weight is 510 g/mol. The number of hydrogen-bond donors (Lipinski definition) is 5. The molecule has 14 heteroatoms. The van der Waals surface area contributed by atoms with E-state index in [-0.39, 0.29) is 29.4 Å². The van der Waals surface area contributed by atoms with Crippen LogP contribution in [0.1, 0.15) is 12.8 Å². The minimum absolute atomic E-state index is 0.174. The van der Waals surface area contributed by atoms with Crippen LogP contribution in [0.2, 0.25) is 10.0 Å². The predicted octanol–water partition coefficient (Wildman–Crippen LogP) is 0.510. The predicted molar refractivity (Wildman–Crippen MR) is 117 cm³/mol. The molecule has 0 aliphatic carbocycles. The van der Waals surface area contributed by atoms with Gasteiger partial charge in [0.2, 0.25) is 16.9 Å². The van der Waals surface area contributed by atoms with Crippen LogP contribution in [-0.2, 0) is 24.0 Å². The third-order valence-electron chi connectivity index (χ3n) is 3.72. The normalized spacial score (nSPS) is 12.3. The molecule has 2 unspecified atom stereocenters. The summed E-state index contributed by atoms with van der Waals surface area (Å²) in [6.07, 6.45) is -0.459. The van der Waals surface area contributed by atoms with Crippen LogP contribution in [0, 0.1) is 0 Å². The van der Waals surface area contributed by atoms with Gasteiger partial charge in [-0.2, -0.15) is 0 Å². The van der Waals surface area contributed by atoms with E-state index in [1.165, 1.54) is 18.2 Å². The van der Waals surface area contributed by atoms with Gasteiger partial charge in [0, 0.05) is 17.2 Å². The summed E-state index contributed by atoms with van der Waals surface area (Å²) < 4.78 is 5.30. The van der Waals surface area contributed by atoms with E-state index in [4.69, 9.17) is 43.9 Å². The SMILES string of the molecule is NC(CCC(=O)NC(CSC(=O)COc1ccc(Cl)cc1Cl)C(=O)NCC(=O)O)C(=O)O. The number of thioether (sulfide) groups is 1. The molecule has 0 saturated heterocycles. The first-order chi connectivity index (χ1) is 15.0. The van der Waals surface area contributed by atoms with E-state index in [0.717, 1.165) is 0 Å². The number of carbonyl (C=O) groups excluding carboxylic acids is 3. The molecule has 0 heterocycles. The maximum atomic E-state index is 12.2. The van der Waals surface area contributed by atoms with Crippen molar-refractivity contribution in [1.82, 2.24) is 10.6 Å². The fourth-order valence-corrected chi connectivity index (χ4v) is 3.28. The van der Waals surface area contributed by atoms with E-state index in [9.17, 15) is 24.0 Å². The molecule has 0 radical (unpaired) electrons. The molecule has 1 aromatic carbocycles. The van der Waals surface area contributed by atoms with Gasteiger partial charge in [-0.1, -0.05) is 35.0 Å². The fourth-order valence-electron chi connectivity index (χ4n) is 2.09. The molecule has 0 spiro atoms. The lowest BCUT2D eigenvalue weighted by Gasteiger charge is -2.18. The van der Waals surface area contributed by atoms with E-state index in [2.05, 4.69) is 10.6 Å². The van der Waals surface area contributed by atoms with Gasteiger partial charge in [0.05, 0.1) is 5.02 Å². The van der Waals surface area contributed by atoms with Crippen LogP contribution in [-0.4, -0.2) is 70.1 Å². The first-order valence-electron chi connectivity index (χ1n) is 9.00. The number of aliphatic carboxylic acids is 2. The Morgan fingerprint density at radius 2 is 1.84 bits per heavy atom. The van der Waals surface area contributed by atoms with E-state index < -0.39 is 54.1 Å². The van der Waals surface area contributed by atoms with Crippen LogP contribution >= 0.6 is 35.0 Å². The van der Waals surface area contributed by atoms with Crippen LogP contribution in [0.15, 0.2) is 18.2 Å². The van der Waals surface area contributed by atoms with Gasteiger partial charge in [-0.05, 0) is 24.6 Å². The van der Waals surface area contributed by atoms with Crippen LogP contribution in [0.4, 0.5) is 0 Å². The maximum Gasteiger partial charge on any atom is 0.322 e. The molecule has 32 heavy (non-hydrogen) atoms. The lowest BCUT2D eigenvalue weighted by molar-refractivity contribution is -0.139. The van der Waals surface area contributed by atoms with E-state index >= 15 is 0 Å². The number of halogens is 2. The topological polar surface area (TPSA) is 185 Å². The van der Waals surface area contributed by atoms with Gasteiger partial charge in [-0.3, -0.25) is 24.0 Å². The number of rotatable bonds is 13. The van der Waals surface area contributed by atoms with E-state index in [1.54, 1.807) is 0 Å². The number of carbonyl (C=O) groups is 5.